The fourth-order valence-electron chi connectivity index (χ4n) is 2.43. The molecule has 0 heterocycles. The van der Waals surface area contributed by atoms with Crippen LogP contribution in [-0.4, -0.2) is 5.91 Å². The fourth-order valence-corrected chi connectivity index (χ4v) is 2.59. The van der Waals surface area contributed by atoms with Crippen LogP contribution in [0.4, 0.5) is 11.4 Å². The maximum absolute atomic E-state index is 12.6. The van der Waals surface area contributed by atoms with Gasteiger partial charge in [-0.15, -0.1) is 0 Å². The number of hydrogen-bond acceptors (Lipinski definition) is 2. The molecule has 3 nitrogen and oxygen atoms in total. The van der Waals surface area contributed by atoms with Crippen LogP contribution in [0, 0.1) is 6.92 Å². The van der Waals surface area contributed by atoms with Crippen molar-refractivity contribution in [3.63, 3.8) is 0 Å². The lowest BCUT2D eigenvalue weighted by atomic mass is 10.0. The minimum atomic E-state index is -0.205. The number of halogens is 1. The fraction of sp³-hybridized carbons (Fsp3) is 0.0556. The zero-order valence-corrected chi connectivity index (χ0v) is 12.8. The normalized spacial score (nSPS) is 10.6. The number of benzene rings is 3. The molecule has 0 aliphatic carbocycles. The number of nitrogens with two attached hydrogens (primary N) is 1. The van der Waals surface area contributed by atoms with Crippen LogP contribution in [0.25, 0.3) is 10.8 Å². The highest BCUT2D eigenvalue weighted by Crippen LogP contribution is 2.28. The Balaban J connectivity index is 1.99. The SMILES string of the molecule is Cc1cc(N)c(NC(=O)c2cccc3ccccc23)cc1Cl. The van der Waals surface area contributed by atoms with Gasteiger partial charge in [-0.25, -0.2) is 0 Å². The van der Waals surface area contributed by atoms with E-state index in [1.165, 1.54) is 0 Å². The maximum atomic E-state index is 12.6. The van der Waals surface area contributed by atoms with Gasteiger partial charge < -0.3 is 11.1 Å². The molecule has 3 N–H and O–H groups in total. The van der Waals surface area contributed by atoms with E-state index in [2.05, 4.69) is 5.32 Å². The van der Waals surface area contributed by atoms with E-state index in [1.807, 2.05) is 43.3 Å². The van der Waals surface area contributed by atoms with Crippen molar-refractivity contribution >= 4 is 39.7 Å². The first-order valence-corrected chi connectivity index (χ1v) is 7.29. The summed E-state index contributed by atoms with van der Waals surface area (Å²) in [7, 11) is 0. The van der Waals surface area contributed by atoms with E-state index in [4.69, 9.17) is 17.3 Å². The summed E-state index contributed by atoms with van der Waals surface area (Å²) in [5.41, 5.74) is 8.46. The van der Waals surface area contributed by atoms with Crippen molar-refractivity contribution < 1.29 is 4.79 Å². The Labute approximate surface area is 133 Å². The Kier molecular flexibility index (Phi) is 3.73. The van der Waals surface area contributed by atoms with E-state index in [9.17, 15) is 4.79 Å². The number of hydrogen-bond donors (Lipinski definition) is 2. The molecule has 0 aromatic heterocycles. The molecule has 0 saturated heterocycles. The summed E-state index contributed by atoms with van der Waals surface area (Å²) in [5.74, 6) is -0.205. The van der Waals surface area contributed by atoms with E-state index < -0.39 is 0 Å². The van der Waals surface area contributed by atoms with Gasteiger partial charge in [-0.3, -0.25) is 4.79 Å². The summed E-state index contributed by atoms with van der Waals surface area (Å²) in [6.45, 7) is 1.87. The Hall–Kier alpha value is -2.52. The highest BCUT2D eigenvalue weighted by molar-refractivity contribution is 6.32. The van der Waals surface area contributed by atoms with Crippen molar-refractivity contribution in [2.45, 2.75) is 6.92 Å². The number of rotatable bonds is 2. The molecule has 1 amide bonds. The van der Waals surface area contributed by atoms with E-state index in [0.717, 1.165) is 16.3 Å². The zero-order valence-electron chi connectivity index (χ0n) is 12.1. The van der Waals surface area contributed by atoms with Crippen LogP contribution >= 0.6 is 11.6 Å². The standard InChI is InChI=1S/C18H15ClN2O/c1-11-9-16(20)17(10-15(11)19)21-18(22)14-8-4-6-12-5-2-3-7-13(12)14/h2-10H,20H2,1H3,(H,21,22). The Bertz CT molecular complexity index is 869. The van der Waals surface area contributed by atoms with Gasteiger partial charge in [0, 0.05) is 10.6 Å². The van der Waals surface area contributed by atoms with Gasteiger partial charge in [0.05, 0.1) is 11.4 Å². The van der Waals surface area contributed by atoms with Gasteiger partial charge in [0.15, 0.2) is 0 Å². The molecule has 110 valence electrons. The Morgan fingerprint density at radius 3 is 2.64 bits per heavy atom. The van der Waals surface area contributed by atoms with Crippen LogP contribution in [0.1, 0.15) is 15.9 Å². The van der Waals surface area contributed by atoms with Crippen LogP contribution in [0.5, 0.6) is 0 Å². The number of aryl methyl sites for hydroxylation is 1. The summed E-state index contributed by atoms with van der Waals surface area (Å²) in [4.78, 5) is 12.6. The lowest BCUT2D eigenvalue weighted by molar-refractivity contribution is 0.102. The van der Waals surface area contributed by atoms with E-state index in [1.54, 1.807) is 18.2 Å². The molecule has 0 aliphatic heterocycles. The minimum absolute atomic E-state index is 0.205. The molecule has 0 fully saturated rings. The number of nitrogens with one attached hydrogen (secondary N) is 1. The predicted octanol–water partition coefficient (Wildman–Crippen LogP) is 4.64. The maximum Gasteiger partial charge on any atom is 0.256 e. The molecular weight excluding hydrogens is 296 g/mol. The molecule has 3 aromatic rings. The highest BCUT2D eigenvalue weighted by atomic mass is 35.5. The van der Waals surface area contributed by atoms with Crippen molar-refractivity contribution in [1.29, 1.82) is 0 Å². The van der Waals surface area contributed by atoms with Crippen molar-refractivity contribution in [3.8, 4) is 0 Å². The third kappa shape index (κ3) is 2.63. The van der Waals surface area contributed by atoms with Gasteiger partial charge in [0.1, 0.15) is 0 Å². The number of carbonyl (C=O) groups is 1. The molecule has 22 heavy (non-hydrogen) atoms. The monoisotopic (exact) mass is 310 g/mol. The van der Waals surface area contributed by atoms with Crippen LogP contribution in [-0.2, 0) is 0 Å². The molecule has 3 rings (SSSR count). The minimum Gasteiger partial charge on any atom is -0.397 e. The first kappa shape index (κ1) is 14.4. The summed E-state index contributed by atoms with van der Waals surface area (Å²) in [6.07, 6.45) is 0. The largest absolute Gasteiger partial charge is 0.397 e. The molecule has 4 heteroatoms. The van der Waals surface area contributed by atoms with Crippen LogP contribution in [0.3, 0.4) is 0 Å². The molecule has 0 bridgehead atoms. The Morgan fingerprint density at radius 1 is 1.09 bits per heavy atom. The average Bonchev–Trinajstić information content (AvgIpc) is 2.52. The van der Waals surface area contributed by atoms with Crippen molar-refractivity contribution in [2.75, 3.05) is 11.1 Å². The third-order valence-corrected chi connectivity index (χ3v) is 4.02. The Morgan fingerprint density at radius 2 is 1.82 bits per heavy atom. The second kappa shape index (κ2) is 5.70. The van der Waals surface area contributed by atoms with Gasteiger partial charge >= 0.3 is 0 Å². The molecular formula is C18H15ClN2O. The molecule has 0 aliphatic rings. The smallest absolute Gasteiger partial charge is 0.256 e. The topological polar surface area (TPSA) is 55.1 Å². The first-order valence-electron chi connectivity index (χ1n) is 6.91. The van der Waals surface area contributed by atoms with Gasteiger partial charge in [-0.1, -0.05) is 48.0 Å². The number of carbonyl (C=O) groups excluding carboxylic acids is 1. The van der Waals surface area contributed by atoms with Gasteiger partial charge in [-0.2, -0.15) is 0 Å². The van der Waals surface area contributed by atoms with Crippen LogP contribution in [0.2, 0.25) is 5.02 Å². The quantitative estimate of drug-likeness (QED) is 0.678. The highest BCUT2D eigenvalue weighted by Gasteiger charge is 2.12. The second-order valence-electron chi connectivity index (χ2n) is 5.17. The molecule has 0 radical (unpaired) electrons. The third-order valence-electron chi connectivity index (χ3n) is 3.61. The predicted molar refractivity (Wildman–Crippen MR) is 92.5 cm³/mol. The van der Waals surface area contributed by atoms with Crippen LogP contribution < -0.4 is 11.1 Å². The van der Waals surface area contributed by atoms with Gasteiger partial charge in [-0.05, 0) is 41.5 Å². The molecule has 0 spiro atoms. The lowest BCUT2D eigenvalue weighted by Gasteiger charge is -2.11. The molecule has 0 atom stereocenters. The van der Waals surface area contributed by atoms with Crippen molar-refractivity contribution in [2.24, 2.45) is 0 Å². The van der Waals surface area contributed by atoms with Gasteiger partial charge in [0.2, 0.25) is 0 Å². The summed E-state index contributed by atoms with van der Waals surface area (Å²) >= 11 is 6.10. The second-order valence-corrected chi connectivity index (χ2v) is 5.58. The molecule has 0 saturated carbocycles. The molecule has 3 aromatic carbocycles. The van der Waals surface area contributed by atoms with Crippen molar-refractivity contribution in [1.82, 2.24) is 0 Å². The first-order chi connectivity index (χ1) is 10.6. The van der Waals surface area contributed by atoms with E-state index in [0.29, 0.717) is 22.0 Å². The summed E-state index contributed by atoms with van der Waals surface area (Å²) in [6, 6.07) is 16.8. The zero-order chi connectivity index (χ0) is 15.7. The van der Waals surface area contributed by atoms with E-state index >= 15 is 0 Å². The lowest BCUT2D eigenvalue weighted by Crippen LogP contribution is -2.13. The van der Waals surface area contributed by atoms with Gasteiger partial charge in [0.25, 0.3) is 5.91 Å². The van der Waals surface area contributed by atoms with Crippen LogP contribution in [0.15, 0.2) is 54.6 Å². The number of anilines is 2. The average molecular weight is 311 g/mol. The molecule has 0 unspecified atom stereocenters. The number of nitrogen functional groups attached to an aromatic ring is 1. The number of amides is 1. The summed E-state index contributed by atoms with van der Waals surface area (Å²) in [5, 5.41) is 5.33. The number of fused-ring (bicyclic) bond motifs is 1. The summed E-state index contributed by atoms with van der Waals surface area (Å²) < 4.78 is 0. The van der Waals surface area contributed by atoms with E-state index in [-0.39, 0.29) is 5.91 Å². The van der Waals surface area contributed by atoms with Crippen molar-refractivity contribution in [3.05, 3.63) is 70.7 Å².